The number of rotatable bonds is 5. The van der Waals surface area contributed by atoms with Crippen molar-refractivity contribution >= 4 is 60.0 Å². The highest BCUT2D eigenvalue weighted by atomic mass is 32.2. The zero-order valence-corrected chi connectivity index (χ0v) is 25.0. The topological polar surface area (TPSA) is 110 Å². The van der Waals surface area contributed by atoms with E-state index in [1.807, 2.05) is 41.7 Å². The van der Waals surface area contributed by atoms with Gasteiger partial charge in [-0.1, -0.05) is 29.8 Å². The van der Waals surface area contributed by atoms with Gasteiger partial charge >= 0.3 is 0 Å². The molecule has 0 aliphatic carbocycles. The first kappa shape index (κ1) is 27.5. The largest absolute Gasteiger partial charge is 0.455 e. The van der Waals surface area contributed by atoms with E-state index in [4.69, 9.17) is 9.40 Å². The van der Waals surface area contributed by atoms with E-state index in [2.05, 4.69) is 10.3 Å². The van der Waals surface area contributed by atoms with E-state index in [-0.39, 0.29) is 11.7 Å². The van der Waals surface area contributed by atoms with Crippen molar-refractivity contribution in [1.29, 1.82) is 0 Å². The van der Waals surface area contributed by atoms with E-state index in [9.17, 15) is 17.6 Å². The first-order valence-electron chi connectivity index (χ1n) is 13.7. The van der Waals surface area contributed by atoms with Gasteiger partial charge in [-0.25, -0.2) is 22.8 Å². The quantitative estimate of drug-likeness (QED) is 0.245. The molecule has 9 nitrogen and oxygen atoms in total. The summed E-state index contributed by atoms with van der Waals surface area (Å²) in [4.78, 5) is 22.8. The maximum absolute atomic E-state index is 14.0. The van der Waals surface area contributed by atoms with E-state index in [1.54, 1.807) is 43.7 Å². The third kappa shape index (κ3) is 4.35. The number of aryl methyl sites for hydroxylation is 1. The molecule has 0 aliphatic heterocycles. The molecule has 0 saturated carbocycles. The van der Waals surface area contributed by atoms with Crippen molar-refractivity contribution < 1.29 is 22.0 Å². The number of anilines is 1. The molecular weight excluding hydrogens is 581 g/mol. The molecule has 0 bridgehead atoms. The Morgan fingerprint density at radius 2 is 1.77 bits per heavy atom. The highest BCUT2D eigenvalue weighted by Crippen LogP contribution is 2.41. The van der Waals surface area contributed by atoms with Crippen LogP contribution in [0.1, 0.15) is 15.9 Å². The van der Waals surface area contributed by atoms with Crippen molar-refractivity contribution in [3.05, 3.63) is 96.1 Å². The number of halogens is 1. The minimum atomic E-state index is -3.70. The Morgan fingerprint density at radius 3 is 2.50 bits per heavy atom. The standard InChI is InChI=1S/C33H26FN5O4S/c1-18-5-7-19(8-6-18)32-30(33(40)35-2)23-15-22(27(16-29(23)43-32)38(3)44(4,41)42)24-10-11-25-31(37-24)28-14-20-13-21(34)9-12-26(20)39(28)17-36-25/h5-17H,1-4H3,(H,35,40). The molecule has 220 valence electrons. The molecule has 4 heterocycles. The summed E-state index contributed by atoms with van der Waals surface area (Å²) < 4.78 is 48.9. The average Bonchev–Trinajstić information content (AvgIpc) is 3.57. The summed E-state index contributed by atoms with van der Waals surface area (Å²) in [5.41, 5.74) is 6.33. The summed E-state index contributed by atoms with van der Waals surface area (Å²) in [5.74, 6) is -0.328. The number of carbonyl (C=O) groups is 1. The molecule has 0 saturated heterocycles. The zero-order chi connectivity index (χ0) is 30.9. The minimum Gasteiger partial charge on any atom is -0.455 e. The molecule has 44 heavy (non-hydrogen) atoms. The summed E-state index contributed by atoms with van der Waals surface area (Å²) in [6.45, 7) is 1.97. The number of nitrogens with zero attached hydrogens (tertiary/aromatic N) is 4. The van der Waals surface area contributed by atoms with Gasteiger partial charge in [0.2, 0.25) is 10.0 Å². The zero-order valence-electron chi connectivity index (χ0n) is 24.2. The maximum atomic E-state index is 14.0. The lowest BCUT2D eigenvalue weighted by Gasteiger charge is -2.20. The first-order valence-corrected chi connectivity index (χ1v) is 15.6. The highest BCUT2D eigenvalue weighted by molar-refractivity contribution is 7.92. The van der Waals surface area contributed by atoms with E-state index in [0.29, 0.717) is 66.7 Å². The van der Waals surface area contributed by atoms with Gasteiger partial charge in [0.15, 0.2) is 0 Å². The van der Waals surface area contributed by atoms with Gasteiger partial charge < -0.3 is 9.73 Å². The van der Waals surface area contributed by atoms with Crippen LogP contribution in [0, 0.1) is 12.7 Å². The Balaban J connectivity index is 1.54. The van der Waals surface area contributed by atoms with Crippen molar-refractivity contribution in [3.63, 3.8) is 0 Å². The average molecular weight is 608 g/mol. The fourth-order valence-electron chi connectivity index (χ4n) is 5.56. The van der Waals surface area contributed by atoms with Gasteiger partial charge in [-0.2, -0.15) is 0 Å². The maximum Gasteiger partial charge on any atom is 0.255 e. The second-order valence-electron chi connectivity index (χ2n) is 10.8. The monoisotopic (exact) mass is 607 g/mol. The molecule has 0 radical (unpaired) electrons. The van der Waals surface area contributed by atoms with Crippen LogP contribution in [0.3, 0.4) is 0 Å². The van der Waals surface area contributed by atoms with Gasteiger partial charge in [0, 0.05) is 42.1 Å². The summed E-state index contributed by atoms with van der Waals surface area (Å²) >= 11 is 0. The Morgan fingerprint density at radius 1 is 1.00 bits per heavy atom. The second kappa shape index (κ2) is 9.88. The number of amides is 1. The van der Waals surface area contributed by atoms with Crippen molar-refractivity contribution in [2.24, 2.45) is 0 Å². The molecule has 4 aromatic heterocycles. The summed E-state index contributed by atoms with van der Waals surface area (Å²) in [6.07, 6.45) is 2.78. The van der Waals surface area contributed by atoms with Gasteiger partial charge in [0.25, 0.3) is 5.91 Å². The number of furan rings is 1. The molecule has 11 heteroatoms. The predicted molar refractivity (Wildman–Crippen MR) is 170 cm³/mol. The lowest BCUT2D eigenvalue weighted by molar-refractivity contribution is 0.0964. The van der Waals surface area contributed by atoms with Crippen molar-refractivity contribution in [1.82, 2.24) is 19.7 Å². The van der Waals surface area contributed by atoms with Crippen LogP contribution in [-0.2, 0) is 10.0 Å². The Labute approximate surface area is 251 Å². The molecule has 1 amide bonds. The number of aromatic nitrogens is 3. The Bertz CT molecular complexity index is 2410. The SMILES string of the molecule is CNC(=O)c1c(-c2ccc(C)cc2)oc2cc(N(C)S(C)(=O)=O)c(-c3ccc4ncn5c6ccc(F)cc6cc5c4n3)cc12. The van der Waals surface area contributed by atoms with Crippen LogP contribution >= 0.6 is 0 Å². The molecule has 0 aliphatic rings. The molecule has 0 atom stereocenters. The van der Waals surface area contributed by atoms with Gasteiger partial charge in [-0.3, -0.25) is 13.5 Å². The first-order chi connectivity index (χ1) is 21.0. The molecule has 7 aromatic rings. The third-order valence-electron chi connectivity index (χ3n) is 7.92. The molecular formula is C33H26FN5O4S. The van der Waals surface area contributed by atoms with Crippen LogP contribution in [-0.4, -0.2) is 49.0 Å². The van der Waals surface area contributed by atoms with Crippen LogP contribution in [0.4, 0.5) is 10.1 Å². The Hall–Kier alpha value is -5.29. The Kier molecular flexibility index (Phi) is 6.19. The van der Waals surface area contributed by atoms with Gasteiger partial charge in [-0.15, -0.1) is 0 Å². The van der Waals surface area contributed by atoms with Crippen LogP contribution in [0.2, 0.25) is 0 Å². The second-order valence-corrected chi connectivity index (χ2v) is 12.8. The fourth-order valence-corrected chi connectivity index (χ4v) is 6.07. The van der Waals surface area contributed by atoms with Crippen LogP contribution in [0.15, 0.2) is 83.5 Å². The molecule has 3 aromatic carbocycles. The van der Waals surface area contributed by atoms with E-state index >= 15 is 0 Å². The molecule has 0 unspecified atom stereocenters. The summed E-state index contributed by atoms with van der Waals surface area (Å²) in [7, 11) is -0.700. The number of pyridine rings is 1. The van der Waals surface area contributed by atoms with E-state index < -0.39 is 10.0 Å². The third-order valence-corrected chi connectivity index (χ3v) is 9.11. The number of nitrogens with one attached hydrogen (secondary N) is 1. The molecule has 0 fully saturated rings. The van der Waals surface area contributed by atoms with Crippen LogP contribution in [0.5, 0.6) is 0 Å². The summed E-state index contributed by atoms with van der Waals surface area (Å²) in [5, 5.41) is 3.90. The fraction of sp³-hybridized carbons (Fsp3) is 0.121. The van der Waals surface area contributed by atoms with Crippen molar-refractivity contribution in [2.75, 3.05) is 24.7 Å². The van der Waals surface area contributed by atoms with Crippen LogP contribution in [0.25, 0.3) is 61.0 Å². The number of carbonyl (C=O) groups excluding carboxylic acids is 1. The van der Waals surface area contributed by atoms with Crippen molar-refractivity contribution in [3.8, 4) is 22.6 Å². The number of fused-ring (bicyclic) bond motifs is 6. The van der Waals surface area contributed by atoms with Gasteiger partial charge in [-0.05, 0) is 49.4 Å². The number of sulfonamides is 1. The van der Waals surface area contributed by atoms with Crippen LogP contribution < -0.4 is 9.62 Å². The predicted octanol–water partition coefficient (Wildman–Crippen LogP) is 6.32. The van der Waals surface area contributed by atoms with E-state index in [1.165, 1.54) is 19.2 Å². The number of benzene rings is 3. The van der Waals surface area contributed by atoms with Gasteiger partial charge in [0.1, 0.15) is 29.0 Å². The molecule has 0 spiro atoms. The normalized spacial score (nSPS) is 12.0. The smallest absolute Gasteiger partial charge is 0.255 e. The lowest BCUT2D eigenvalue weighted by atomic mass is 10.00. The minimum absolute atomic E-state index is 0.321. The van der Waals surface area contributed by atoms with Crippen molar-refractivity contribution in [2.45, 2.75) is 6.92 Å². The number of hydrogen-bond acceptors (Lipinski definition) is 6. The lowest BCUT2D eigenvalue weighted by Crippen LogP contribution is -2.25. The molecule has 7 rings (SSSR count). The highest BCUT2D eigenvalue weighted by Gasteiger charge is 2.26. The molecule has 1 N–H and O–H groups in total. The van der Waals surface area contributed by atoms with E-state index in [0.717, 1.165) is 21.6 Å². The number of hydrogen-bond donors (Lipinski definition) is 1. The van der Waals surface area contributed by atoms with Gasteiger partial charge in [0.05, 0.1) is 39.8 Å². The summed E-state index contributed by atoms with van der Waals surface area (Å²) in [6, 6.07) is 20.9.